The first kappa shape index (κ1) is 24.0. The van der Waals surface area contributed by atoms with Gasteiger partial charge in [-0.2, -0.15) is 13.2 Å². The minimum atomic E-state index is -5.25. The van der Waals surface area contributed by atoms with Crippen molar-refractivity contribution in [2.24, 2.45) is 0 Å². The SMILES string of the molecule is CN(C)CCNc1cccc(C(=O)NC2(C(F)(F)F)C(=O)Nc3nc4cc(Cl)c(Cl)cc4n32)n1. The van der Waals surface area contributed by atoms with E-state index in [2.05, 4.69) is 20.6 Å². The molecule has 3 heterocycles. The summed E-state index contributed by atoms with van der Waals surface area (Å²) >= 11 is 12.0. The van der Waals surface area contributed by atoms with Crippen LogP contribution in [-0.4, -0.2) is 64.6 Å². The smallest absolute Gasteiger partial charge is 0.369 e. The number of hydrogen-bond acceptors (Lipinski definition) is 6. The lowest BCUT2D eigenvalue weighted by molar-refractivity contribution is -0.213. The molecule has 0 bridgehead atoms. The largest absolute Gasteiger partial charge is 0.440 e. The number of hydrogen-bond donors (Lipinski definition) is 3. The number of halogens is 5. The van der Waals surface area contributed by atoms with Crippen LogP contribution in [0.5, 0.6) is 0 Å². The first-order valence-electron chi connectivity index (χ1n) is 9.88. The van der Waals surface area contributed by atoms with Gasteiger partial charge in [-0.15, -0.1) is 0 Å². The van der Waals surface area contributed by atoms with Gasteiger partial charge < -0.3 is 15.5 Å². The summed E-state index contributed by atoms with van der Waals surface area (Å²) in [6, 6.07) is 6.70. The summed E-state index contributed by atoms with van der Waals surface area (Å²) in [6.07, 6.45) is -5.25. The van der Waals surface area contributed by atoms with Crippen LogP contribution < -0.4 is 16.0 Å². The fourth-order valence-corrected chi connectivity index (χ4v) is 3.84. The zero-order valence-electron chi connectivity index (χ0n) is 17.8. The quantitative estimate of drug-likeness (QED) is 0.465. The van der Waals surface area contributed by atoms with Crippen molar-refractivity contribution in [3.05, 3.63) is 46.1 Å². The lowest BCUT2D eigenvalue weighted by Crippen LogP contribution is -2.63. The van der Waals surface area contributed by atoms with E-state index in [1.54, 1.807) is 6.07 Å². The second-order valence-corrected chi connectivity index (χ2v) is 8.59. The van der Waals surface area contributed by atoms with E-state index in [1.165, 1.54) is 18.2 Å². The van der Waals surface area contributed by atoms with Crippen molar-refractivity contribution in [3.8, 4) is 0 Å². The van der Waals surface area contributed by atoms with Gasteiger partial charge in [0.1, 0.15) is 11.5 Å². The van der Waals surface area contributed by atoms with Crippen molar-refractivity contribution < 1.29 is 22.8 Å². The maximum Gasteiger partial charge on any atom is 0.440 e. The average Bonchev–Trinajstić information content (AvgIpc) is 3.21. The van der Waals surface area contributed by atoms with Crippen LogP contribution in [0.15, 0.2) is 30.3 Å². The average molecular weight is 516 g/mol. The predicted octanol–water partition coefficient (Wildman–Crippen LogP) is 3.31. The Labute approximate surface area is 201 Å². The number of alkyl halides is 3. The Morgan fingerprint density at radius 2 is 1.91 bits per heavy atom. The number of carbonyl (C=O) groups excluding carboxylic acids is 2. The summed E-state index contributed by atoms with van der Waals surface area (Å²) in [4.78, 5) is 35.6. The highest BCUT2D eigenvalue weighted by Crippen LogP contribution is 2.45. The first-order chi connectivity index (χ1) is 15.9. The zero-order valence-corrected chi connectivity index (χ0v) is 19.3. The molecule has 4 rings (SSSR count). The molecule has 1 unspecified atom stereocenters. The summed E-state index contributed by atoms with van der Waals surface area (Å²) in [7, 11) is 3.74. The van der Waals surface area contributed by atoms with Crippen LogP contribution in [0.2, 0.25) is 10.0 Å². The molecule has 0 fully saturated rings. The Kier molecular flexibility index (Phi) is 6.08. The Morgan fingerprint density at radius 1 is 1.21 bits per heavy atom. The zero-order chi connectivity index (χ0) is 24.8. The molecule has 1 aromatic carbocycles. The molecule has 0 radical (unpaired) electrons. The predicted molar refractivity (Wildman–Crippen MR) is 121 cm³/mol. The summed E-state index contributed by atoms with van der Waals surface area (Å²) in [5.74, 6) is -2.85. The summed E-state index contributed by atoms with van der Waals surface area (Å²) in [5, 5.41) is 6.94. The summed E-state index contributed by atoms with van der Waals surface area (Å²) in [6.45, 7) is 1.16. The number of nitrogens with zero attached hydrogens (tertiary/aromatic N) is 4. The van der Waals surface area contributed by atoms with E-state index in [4.69, 9.17) is 23.2 Å². The molecule has 9 nitrogen and oxygen atoms in total. The van der Waals surface area contributed by atoms with E-state index < -0.39 is 29.6 Å². The molecule has 1 atom stereocenters. The topological polar surface area (TPSA) is 104 Å². The number of imidazole rings is 1. The number of nitrogens with one attached hydrogen (secondary N) is 3. The Hall–Kier alpha value is -3.09. The number of pyridine rings is 1. The van der Waals surface area contributed by atoms with Gasteiger partial charge in [0.05, 0.1) is 21.1 Å². The molecule has 0 saturated carbocycles. The van der Waals surface area contributed by atoms with Gasteiger partial charge in [0, 0.05) is 13.1 Å². The van der Waals surface area contributed by atoms with E-state index >= 15 is 0 Å². The first-order valence-corrected chi connectivity index (χ1v) is 10.6. The van der Waals surface area contributed by atoms with E-state index in [9.17, 15) is 22.8 Å². The third-order valence-electron chi connectivity index (χ3n) is 5.14. The van der Waals surface area contributed by atoms with E-state index in [1.807, 2.05) is 24.3 Å². The Bertz CT molecular complexity index is 1300. The number of fused-ring (bicyclic) bond motifs is 3. The molecule has 14 heteroatoms. The highest BCUT2D eigenvalue weighted by Gasteiger charge is 2.67. The monoisotopic (exact) mass is 515 g/mol. The van der Waals surface area contributed by atoms with Crippen molar-refractivity contribution >= 4 is 57.8 Å². The van der Waals surface area contributed by atoms with Crippen molar-refractivity contribution in [2.45, 2.75) is 11.8 Å². The highest BCUT2D eigenvalue weighted by molar-refractivity contribution is 6.42. The molecule has 3 aromatic rings. The molecule has 34 heavy (non-hydrogen) atoms. The fraction of sp³-hybridized carbons (Fsp3) is 0.300. The number of aromatic nitrogens is 3. The number of carbonyl (C=O) groups is 2. The summed E-state index contributed by atoms with van der Waals surface area (Å²) in [5.41, 5.74) is -3.89. The number of benzene rings is 1. The van der Waals surface area contributed by atoms with Crippen LogP contribution >= 0.6 is 23.2 Å². The molecule has 0 saturated heterocycles. The number of rotatable bonds is 6. The highest BCUT2D eigenvalue weighted by atomic mass is 35.5. The van der Waals surface area contributed by atoms with Crippen LogP contribution in [0.4, 0.5) is 24.9 Å². The second kappa shape index (κ2) is 8.60. The van der Waals surface area contributed by atoms with Crippen LogP contribution in [0.25, 0.3) is 11.0 Å². The van der Waals surface area contributed by atoms with Gasteiger partial charge in [-0.3, -0.25) is 19.5 Å². The molecule has 1 aliphatic heterocycles. The number of anilines is 2. The third-order valence-corrected chi connectivity index (χ3v) is 5.86. The minimum Gasteiger partial charge on any atom is -0.369 e. The molecule has 3 N–H and O–H groups in total. The van der Waals surface area contributed by atoms with Crippen LogP contribution in [0.3, 0.4) is 0 Å². The molecular formula is C20H18Cl2F3N7O2. The van der Waals surface area contributed by atoms with Crippen molar-refractivity contribution in [1.29, 1.82) is 0 Å². The van der Waals surface area contributed by atoms with Crippen molar-refractivity contribution in [3.63, 3.8) is 0 Å². The van der Waals surface area contributed by atoms with E-state index in [-0.39, 0.29) is 26.8 Å². The third kappa shape index (κ3) is 4.01. The van der Waals surface area contributed by atoms with Gasteiger partial charge in [0.15, 0.2) is 0 Å². The standard InChI is InChI=1S/C20H18Cl2F3N7O2/c1-31(2)7-6-26-15-5-3-4-12(27-15)16(33)30-19(20(23,24)25)17(34)29-18-28-13-8-10(21)11(22)9-14(13)32(18)19/h3-5,8-9H,6-7H2,1-2H3,(H,26,27)(H,30,33)(H,28,29,34). The van der Waals surface area contributed by atoms with Gasteiger partial charge in [0.25, 0.3) is 17.5 Å². The van der Waals surface area contributed by atoms with Gasteiger partial charge in [-0.1, -0.05) is 29.3 Å². The van der Waals surface area contributed by atoms with E-state index in [0.29, 0.717) is 23.5 Å². The second-order valence-electron chi connectivity index (χ2n) is 7.78. The van der Waals surface area contributed by atoms with E-state index in [0.717, 1.165) is 6.07 Å². The lowest BCUT2D eigenvalue weighted by atomic mass is 10.1. The Morgan fingerprint density at radius 3 is 2.59 bits per heavy atom. The molecule has 2 aromatic heterocycles. The van der Waals surface area contributed by atoms with Gasteiger partial charge in [-0.05, 0) is 38.4 Å². The maximum atomic E-state index is 14.5. The minimum absolute atomic E-state index is 0.0446. The van der Waals surface area contributed by atoms with Crippen LogP contribution in [-0.2, 0) is 10.5 Å². The summed E-state index contributed by atoms with van der Waals surface area (Å²) < 4.78 is 44.1. The number of amides is 2. The van der Waals surface area contributed by atoms with Crippen LogP contribution in [0, 0.1) is 0 Å². The normalized spacial score (nSPS) is 17.7. The number of likely N-dealkylation sites (N-methyl/N-ethyl adjacent to an activating group) is 1. The van der Waals surface area contributed by atoms with Gasteiger partial charge in [0.2, 0.25) is 5.95 Å². The molecule has 1 aliphatic rings. The fourth-order valence-electron chi connectivity index (χ4n) is 3.52. The Balaban J connectivity index is 1.74. The molecule has 2 amide bonds. The molecule has 180 valence electrons. The molecule has 0 aliphatic carbocycles. The molecule has 0 spiro atoms. The lowest BCUT2D eigenvalue weighted by Gasteiger charge is -2.31. The van der Waals surface area contributed by atoms with Gasteiger partial charge in [-0.25, -0.2) is 9.97 Å². The molecular weight excluding hydrogens is 498 g/mol. The van der Waals surface area contributed by atoms with Crippen molar-refractivity contribution in [1.82, 2.24) is 24.8 Å². The maximum absolute atomic E-state index is 14.5. The van der Waals surface area contributed by atoms with Crippen molar-refractivity contribution in [2.75, 3.05) is 37.8 Å². The van der Waals surface area contributed by atoms with Gasteiger partial charge >= 0.3 is 6.18 Å². The van der Waals surface area contributed by atoms with Crippen LogP contribution in [0.1, 0.15) is 10.5 Å².